The minimum atomic E-state index is 0.100. The van der Waals surface area contributed by atoms with Crippen LogP contribution in [0.1, 0.15) is 31.5 Å². The third-order valence-corrected chi connectivity index (χ3v) is 3.68. The number of thiazole rings is 1. The average molecular weight is 311 g/mol. The van der Waals surface area contributed by atoms with Gasteiger partial charge in [0.15, 0.2) is 0 Å². The van der Waals surface area contributed by atoms with E-state index in [0.29, 0.717) is 11.6 Å². The molecule has 1 aromatic heterocycles. The van der Waals surface area contributed by atoms with Gasteiger partial charge in [0, 0.05) is 22.5 Å². The number of hydrogen-bond donors (Lipinski definition) is 1. The van der Waals surface area contributed by atoms with Gasteiger partial charge in [0.1, 0.15) is 17.4 Å². The molecule has 0 aliphatic heterocycles. The van der Waals surface area contributed by atoms with Gasteiger partial charge in [0.05, 0.1) is 5.69 Å². The van der Waals surface area contributed by atoms with Crippen LogP contribution in [0.3, 0.4) is 0 Å². The average Bonchev–Trinajstić information content (AvgIpc) is 2.81. The Hall–Kier alpha value is -1.10. The van der Waals surface area contributed by atoms with Crippen molar-refractivity contribution in [1.82, 2.24) is 10.3 Å². The molecule has 2 rings (SSSR count). The van der Waals surface area contributed by atoms with Crippen LogP contribution in [-0.4, -0.2) is 10.5 Å². The molecular weight excluding hydrogens is 292 g/mol. The van der Waals surface area contributed by atoms with Crippen LogP contribution in [0.15, 0.2) is 29.6 Å². The Morgan fingerprint density at radius 2 is 2.15 bits per heavy atom. The lowest BCUT2D eigenvalue weighted by Gasteiger charge is -2.19. The van der Waals surface area contributed by atoms with E-state index >= 15 is 0 Å². The molecule has 0 aliphatic carbocycles. The largest absolute Gasteiger partial charge is 0.487 e. The third-order valence-electron chi connectivity index (χ3n) is 2.55. The standard InChI is InChI=1S/C15H19ClN2OS/c1-15(2,3)17-8-14-18-12(10-20-14)9-19-13-6-4-5-11(16)7-13/h4-7,10,17H,8-9H2,1-3H3. The number of halogens is 1. The fraction of sp³-hybridized carbons (Fsp3) is 0.400. The van der Waals surface area contributed by atoms with Crippen molar-refractivity contribution >= 4 is 22.9 Å². The van der Waals surface area contributed by atoms with E-state index in [0.717, 1.165) is 23.0 Å². The molecule has 0 saturated heterocycles. The van der Waals surface area contributed by atoms with Gasteiger partial charge in [-0.05, 0) is 39.0 Å². The molecule has 0 fully saturated rings. The SMILES string of the molecule is CC(C)(C)NCc1nc(COc2cccc(Cl)c2)cs1. The Labute approximate surface area is 129 Å². The molecule has 5 heteroatoms. The Balaban J connectivity index is 1.87. The zero-order valence-electron chi connectivity index (χ0n) is 11.9. The van der Waals surface area contributed by atoms with Crippen molar-refractivity contribution in [2.24, 2.45) is 0 Å². The lowest BCUT2D eigenvalue weighted by molar-refractivity contribution is 0.301. The summed E-state index contributed by atoms with van der Waals surface area (Å²) < 4.78 is 5.67. The molecule has 0 aliphatic rings. The molecule has 0 saturated carbocycles. The molecule has 1 aromatic carbocycles. The molecule has 20 heavy (non-hydrogen) atoms. The predicted octanol–water partition coefficient (Wildman–Crippen LogP) is 4.26. The van der Waals surface area contributed by atoms with Gasteiger partial charge >= 0.3 is 0 Å². The number of hydrogen-bond acceptors (Lipinski definition) is 4. The molecule has 1 N–H and O–H groups in total. The molecule has 0 atom stereocenters. The molecule has 1 heterocycles. The van der Waals surface area contributed by atoms with Crippen molar-refractivity contribution in [3.63, 3.8) is 0 Å². The van der Waals surface area contributed by atoms with Crippen LogP contribution in [-0.2, 0) is 13.2 Å². The summed E-state index contributed by atoms with van der Waals surface area (Å²) in [6.07, 6.45) is 0. The van der Waals surface area contributed by atoms with Crippen LogP contribution in [0.4, 0.5) is 0 Å². The summed E-state index contributed by atoms with van der Waals surface area (Å²) in [4.78, 5) is 4.55. The summed E-state index contributed by atoms with van der Waals surface area (Å²) in [5.74, 6) is 0.764. The maximum Gasteiger partial charge on any atom is 0.131 e. The Bertz CT molecular complexity index is 563. The second-order valence-electron chi connectivity index (χ2n) is 5.58. The Morgan fingerprint density at radius 1 is 1.35 bits per heavy atom. The minimum Gasteiger partial charge on any atom is -0.487 e. The smallest absolute Gasteiger partial charge is 0.131 e. The maximum absolute atomic E-state index is 5.91. The van der Waals surface area contributed by atoms with Gasteiger partial charge in [-0.15, -0.1) is 11.3 Å². The molecular formula is C15H19ClN2OS. The molecule has 0 unspecified atom stereocenters. The molecule has 0 bridgehead atoms. The van der Waals surface area contributed by atoms with E-state index in [1.807, 2.05) is 23.6 Å². The topological polar surface area (TPSA) is 34.2 Å². The van der Waals surface area contributed by atoms with Crippen molar-refractivity contribution in [2.75, 3.05) is 0 Å². The highest BCUT2D eigenvalue weighted by Gasteiger charge is 2.10. The molecule has 3 nitrogen and oxygen atoms in total. The van der Waals surface area contributed by atoms with Crippen molar-refractivity contribution in [2.45, 2.75) is 39.5 Å². The number of aromatic nitrogens is 1. The summed E-state index contributed by atoms with van der Waals surface area (Å²) in [6.45, 7) is 7.68. The molecule has 0 amide bonds. The highest BCUT2D eigenvalue weighted by atomic mass is 35.5. The summed E-state index contributed by atoms with van der Waals surface area (Å²) in [5, 5.41) is 7.20. The minimum absolute atomic E-state index is 0.100. The third kappa shape index (κ3) is 5.12. The second kappa shape index (κ2) is 6.57. The van der Waals surface area contributed by atoms with Gasteiger partial charge in [-0.3, -0.25) is 0 Å². The number of nitrogens with one attached hydrogen (secondary N) is 1. The van der Waals surface area contributed by atoms with Gasteiger partial charge < -0.3 is 10.1 Å². The van der Waals surface area contributed by atoms with E-state index in [1.165, 1.54) is 0 Å². The molecule has 2 aromatic rings. The first-order chi connectivity index (χ1) is 9.42. The Morgan fingerprint density at radius 3 is 2.85 bits per heavy atom. The molecule has 108 valence electrons. The Kier molecular flexibility index (Phi) is 5.02. The fourth-order valence-electron chi connectivity index (χ4n) is 1.55. The van der Waals surface area contributed by atoms with Gasteiger partial charge in [0.2, 0.25) is 0 Å². The van der Waals surface area contributed by atoms with Crippen LogP contribution in [0.25, 0.3) is 0 Å². The van der Waals surface area contributed by atoms with Gasteiger partial charge in [-0.2, -0.15) is 0 Å². The van der Waals surface area contributed by atoms with E-state index in [-0.39, 0.29) is 5.54 Å². The number of nitrogens with zero attached hydrogens (tertiary/aromatic N) is 1. The summed E-state index contributed by atoms with van der Waals surface area (Å²) in [6, 6.07) is 7.39. The maximum atomic E-state index is 5.91. The van der Waals surface area contributed by atoms with Gasteiger partial charge in [0.25, 0.3) is 0 Å². The normalized spacial score (nSPS) is 11.6. The van der Waals surface area contributed by atoms with Gasteiger partial charge in [-0.1, -0.05) is 17.7 Å². The van der Waals surface area contributed by atoms with Gasteiger partial charge in [-0.25, -0.2) is 4.98 Å². The second-order valence-corrected chi connectivity index (χ2v) is 6.96. The molecule has 0 spiro atoms. The lowest BCUT2D eigenvalue weighted by Crippen LogP contribution is -2.35. The predicted molar refractivity (Wildman–Crippen MR) is 84.5 cm³/mol. The van der Waals surface area contributed by atoms with Crippen LogP contribution >= 0.6 is 22.9 Å². The first-order valence-electron chi connectivity index (χ1n) is 6.49. The number of ether oxygens (including phenoxy) is 1. The van der Waals surface area contributed by atoms with Crippen molar-refractivity contribution < 1.29 is 4.74 Å². The van der Waals surface area contributed by atoms with Crippen LogP contribution < -0.4 is 10.1 Å². The number of rotatable bonds is 5. The van der Waals surface area contributed by atoms with Crippen molar-refractivity contribution in [1.29, 1.82) is 0 Å². The summed E-state index contributed by atoms with van der Waals surface area (Å²) >= 11 is 7.56. The highest BCUT2D eigenvalue weighted by molar-refractivity contribution is 7.09. The fourth-order valence-corrected chi connectivity index (χ4v) is 2.45. The zero-order valence-corrected chi connectivity index (χ0v) is 13.5. The lowest BCUT2D eigenvalue weighted by atomic mass is 10.1. The van der Waals surface area contributed by atoms with E-state index in [4.69, 9.17) is 16.3 Å². The van der Waals surface area contributed by atoms with E-state index in [1.54, 1.807) is 17.4 Å². The van der Waals surface area contributed by atoms with Crippen LogP contribution in [0.5, 0.6) is 5.75 Å². The van der Waals surface area contributed by atoms with Crippen molar-refractivity contribution in [3.8, 4) is 5.75 Å². The van der Waals surface area contributed by atoms with Crippen LogP contribution in [0.2, 0.25) is 5.02 Å². The van der Waals surface area contributed by atoms with E-state index < -0.39 is 0 Å². The first kappa shape index (κ1) is 15.3. The summed E-state index contributed by atoms with van der Waals surface area (Å²) in [5.41, 5.74) is 1.05. The zero-order chi connectivity index (χ0) is 14.6. The highest BCUT2D eigenvalue weighted by Crippen LogP contribution is 2.19. The summed E-state index contributed by atoms with van der Waals surface area (Å²) in [7, 11) is 0. The van der Waals surface area contributed by atoms with Crippen molar-refractivity contribution in [3.05, 3.63) is 45.4 Å². The van der Waals surface area contributed by atoms with E-state index in [2.05, 4.69) is 31.1 Å². The first-order valence-corrected chi connectivity index (χ1v) is 7.75. The number of benzene rings is 1. The monoisotopic (exact) mass is 310 g/mol. The molecule has 0 radical (unpaired) electrons. The van der Waals surface area contributed by atoms with Crippen LogP contribution in [0, 0.1) is 0 Å². The quantitative estimate of drug-likeness (QED) is 0.896. The van der Waals surface area contributed by atoms with E-state index in [9.17, 15) is 0 Å².